The highest BCUT2D eigenvalue weighted by Gasteiger charge is 2.63. The number of likely N-dealkylation sites (tertiary alicyclic amines) is 3. The van der Waals surface area contributed by atoms with Crippen LogP contribution < -0.4 is 0 Å². The summed E-state index contributed by atoms with van der Waals surface area (Å²) in [4.78, 5) is 7.68. The van der Waals surface area contributed by atoms with Gasteiger partial charge in [0.05, 0.1) is 12.7 Å². The molecule has 0 bridgehead atoms. The van der Waals surface area contributed by atoms with E-state index in [0.717, 1.165) is 25.7 Å². The molecule has 0 aromatic heterocycles. The van der Waals surface area contributed by atoms with E-state index in [1.54, 1.807) is 0 Å². The second kappa shape index (κ2) is 9.18. The summed E-state index contributed by atoms with van der Waals surface area (Å²) in [7, 11) is 4.54. The Labute approximate surface area is 224 Å². The van der Waals surface area contributed by atoms with Crippen LogP contribution in [0.15, 0.2) is 0 Å². The highest BCUT2D eigenvalue weighted by atomic mass is 16.3. The number of piperidine rings is 3. The third kappa shape index (κ3) is 4.83. The molecule has 3 heterocycles. The van der Waals surface area contributed by atoms with Crippen LogP contribution in [0, 0.1) is 23.7 Å². The van der Waals surface area contributed by atoms with Gasteiger partial charge in [-0.1, -0.05) is 0 Å². The van der Waals surface area contributed by atoms with E-state index >= 15 is 0 Å². The number of nitrogens with zero attached hydrogens (tertiary/aromatic N) is 3. The molecule has 36 heavy (non-hydrogen) atoms. The quantitative estimate of drug-likeness (QED) is 0.545. The first-order chi connectivity index (χ1) is 16.0. The van der Waals surface area contributed by atoms with E-state index in [0.29, 0.717) is 18.4 Å². The third-order valence-corrected chi connectivity index (χ3v) is 11.8. The summed E-state index contributed by atoms with van der Waals surface area (Å²) < 4.78 is 0. The van der Waals surface area contributed by atoms with Crippen molar-refractivity contribution < 1.29 is 10.2 Å². The van der Waals surface area contributed by atoms with Crippen LogP contribution in [-0.4, -0.2) is 91.5 Å². The number of aliphatic hydroxyl groups excluding tert-OH is 2. The lowest BCUT2D eigenvalue weighted by molar-refractivity contribution is -0.217. The second-order valence-electron chi connectivity index (χ2n) is 16.4. The number of hydrogen-bond donors (Lipinski definition) is 2. The Morgan fingerprint density at radius 1 is 0.583 bits per heavy atom. The van der Waals surface area contributed by atoms with Crippen LogP contribution in [0.4, 0.5) is 0 Å². The molecule has 2 atom stereocenters. The van der Waals surface area contributed by atoms with Gasteiger partial charge in [-0.05, 0) is 135 Å². The van der Waals surface area contributed by atoms with Crippen molar-refractivity contribution in [1.29, 1.82) is 0 Å². The first-order valence-corrected chi connectivity index (χ1v) is 14.6. The molecule has 3 rings (SSSR count). The molecule has 5 nitrogen and oxygen atoms in total. The van der Waals surface area contributed by atoms with Gasteiger partial charge in [0.25, 0.3) is 0 Å². The van der Waals surface area contributed by atoms with Crippen molar-refractivity contribution in [3.8, 4) is 0 Å². The summed E-state index contributed by atoms with van der Waals surface area (Å²) in [6, 6.07) is 0. The molecule has 2 unspecified atom stereocenters. The van der Waals surface area contributed by atoms with Crippen molar-refractivity contribution in [2.75, 3.05) is 27.2 Å². The SMILES string of the molecule is CN1C(C)(C)CC(C2C(O)C(C3CC(C)(C)N(C)C(C)(C)C3)C(C)(C)N(CCO)C2(C)C)CC1(C)C. The molecule has 0 aliphatic carbocycles. The zero-order chi connectivity index (χ0) is 27.9. The molecule has 2 N–H and O–H groups in total. The van der Waals surface area contributed by atoms with Gasteiger partial charge in [-0.25, -0.2) is 0 Å². The van der Waals surface area contributed by atoms with Crippen LogP contribution in [-0.2, 0) is 0 Å². The first-order valence-electron chi connectivity index (χ1n) is 14.6. The molecule has 0 amide bonds. The normalized spacial score (nSPS) is 37.2. The van der Waals surface area contributed by atoms with E-state index in [4.69, 9.17) is 0 Å². The maximum absolute atomic E-state index is 12.6. The molecule has 5 heteroatoms. The van der Waals surface area contributed by atoms with Gasteiger partial charge >= 0.3 is 0 Å². The smallest absolute Gasteiger partial charge is 0.0636 e. The molecule has 0 aromatic carbocycles. The zero-order valence-corrected chi connectivity index (χ0v) is 26.4. The molecule has 3 saturated heterocycles. The highest BCUT2D eigenvalue weighted by Crippen LogP contribution is 2.57. The Bertz CT molecular complexity index is 702. The summed E-state index contributed by atoms with van der Waals surface area (Å²) in [6.07, 6.45) is 3.97. The van der Waals surface area contributed by atoms with Gasteiger partial charge < -0.3 is 10.2 Å². The van der Waals surface area contributed by atoms with Gasteiger partial charge in [-0.2, -0.15) is 0 Å². The predicted octanol–water partition coefficient (Wildman–Crippen LogP) is 5.24. The van der Waals surface area contributed by atoms with Crippen LogP contribution in [0.3, 0.4) is 0 Å². The first kappa shape index (κ1) is 30.3. The van der Waals surface area contributed by atoms with Crippen LogP contribution >= 0.6 is 0 Å². The lowest BCUT2D eigenvalue weighted by Gasteiger charge is -2.68. The number of β-amino-alcohol motifs (C(OH)–C–C–N with tert-alkyl or cyclic N) is 1. The van der Waals surface area contributed by atoms with E-state index in [9.17, 15) is 10.2 Å². The fraction of sp³-hybridized carbons (Fsp3) is 1.00. The van der Waals surface area contributed by atoms with Crippen LogP contribution in [0.5, 0.6) is 0 Å². The lowest BCUT2D eigenvalue weighted by atomic mass is 9.53. The van der Waals surface area contributed by atoms with Crippen molar-refractivity contribution in [3.63, 3.8) is 0 Å². The van der Waals surface area contributed by atoms with Crippen molar-refractivity contribution in [2.45, 2.75) is 148 Å². The maximum atomic E-state index is 12.6. The Balaban J connectivity index is 2.12. The monoisotopic (exact) mass is 507 g/mol. The predicted molar refractivity (Wildman–Crippen MR) is 152 cm³/mol. The Morgan fingerprint density at radius 3 is 1.11 bits per heavy atom. The number of rotatable bonds is 4. The summed E-state index contributed by atoms with van der Waals surface area (Å²) in [5.41, 5.74) is -0.140. The van der Waals surface area contributed by atoms with Gasteiger partial charge in [-0.15, -0.1) is 0 Å². The van der Waals surface area contributed by atoms with Crippen LogP contribution in [0.25, 0.3) is 0 Å². The molecule has 0 radical (unpaired) electrons. The van der Waals surface area contributed by atoms with Crippen LogP contribution in [0.2, 0.25) is 0 Å². The van der Waals surface area contributed by atoms with Crippen molar-refractivity contribution >= 4 is 0 Å². The van der Waals surface area contributed by atoms with E-state index < -0.39 is 0 Å². The maximum Gasteiger partial charge on any atom is 0.0636 e. The van der Waals surface area contributed by atoms with Crippen molar-refractivity contribution in [2.24, 2.45) is 23.7 Å². The minimum atomic E-state index is -0.370. The minimum absolute atomic E-state index is 0.0734. The summed E-state index contributed by atoms with van der Waals surface area (Å²) >= 11 is 0. The fourth-order valence-corrected chi connectivity index (χ4v) is 9.95. The molecule has 3 aliphatic rings. The summed E-state index contributed by atoms with van der Waals surface area (Å²) in [5.74, 6) is 1.15. The molecule has 0 saturated carbocycles. The Morgan fingerprint density at radius 2 is 0.861 bits per heavy atom. The average molecular weight is 508 g/mol. The van der Waals surface area contributed by atoms with E-state index in [1.165, 1.54) is 0 Å². The number of hydrogen-bond acceptors (Lipinski definition) is 5. The van der Waals surface area contributed by atoms with Gasteiger partial charge in [0.2, 0.25) is 0 Å². The standard InChI is InChI=1S/C31H61N3O2/c1-26(2)17-21(18-27(3,4)32(26)13)23-25(36)24(31(11,12)34(15-16-35)30(23,9)10)22-19-28(5,6)33(14)29(7,8)20-22/h21-25,35-36H,15-20H2,1-14H3. The topological polar surface area (TPSA) is 50.2 Å². The van der Waals surface area contributed by atoms with Gasteiger partial charge in [0.1, 0.15) is 0 Å². The summed E-state index contributed by atoms with van der Waals surface area (Å²) in [6.45, 7) is 29.2. The zero-order valence-electron chi connectivity index (χ0n) is 26.4. The highest BCUT2D eigenvalue weighted by molar-refractivity contribution is 5.16. The largest absolute Gasteiger partial charge is 0.395 e. The van der Waals surface area contributed by atoms with Gasteiger partial charge in [-0.3, -0.25) is 14.7 Å². The molecule has 3 fully saturated rings. The van der Waals surface area contributed by atoms with E-state index in [2.05, 4.69) is 112 Å². The Kier molecular flexibility index (Phi) is 7.74. The van der Waals surface area contributed by atoms with Crippen molar-refractivity contribution in [1.82, 2.24) is 14.7 Å². The van der Waals surface area contributed by atoms with E-state index in [-0.39, 0.29) is 57.8 Å². The van der Waals surface area contributed by atoms with E-state index in [1.807, 2.05) is 0 Å². The lowest BCUT2D eigenvalue weighted by Crippen LogP contribution is -2.75. The van der Waals surface area contributed by atoms with Crippen molar-refractivity contribution in [3.05, 3.63) is 0 Å². The third-order valence-electron chi connectivity index (χ3n) is 11.8. The van der Waals surface area contributed by atoms with Gasteiger partial charge in [0, 0.05) is 51.6 Å². The minimum Gasteiger partial charge on any atom is -0.395 e. The molecular weight excluding hydrogens is 446 g/mol. The second-order valence-corrected chi connectivity index (χ2v) is 16.4. The molecule has 0 aromatic rings. The molecular formula is C31H61N3O2. The Hall–Kier alpha value is -0.200. The molecule has 0 spiro atoms. The molecule has 212 valence electrons. The van der Waals surface area contributed by atoms with Crippen LogP contribution in [0.1, 0.15) is 109 Å². The number of aliphatic hydroxyl groups is 2. The molecule has 3 aliphatic heterocycles. The van der Waals surface area contributed by atoms with Gasteiger partial charge in [0.15, 0.2) is 0 Å². The fourth-order valence-electron chi connectivity index (χ4n) is 9.95. The average Bonchev–Trinajstić information content (AvgIpc) is 2.66. The summed E-state index contributed by atoms with van der Waals surface area (Å²) in [5, 5.41) is 22.8.